The van der Waals surface area contributed by atoms with Crippen LogP contribution in [0, 0.1) is 0 Å². The molecule has 0 saturated carbocycles. The molecular formula is C71H142NO8P. The Morgan fingerprint density at radius 2 is 0.531 bits per heavy atom. The molecule has 0 aromatic carbocycles. The van der Waals surface area contributed by atoms with Crippen LogP contribution in [0.25, 0.3) is 0 Å². The summed E-state index contributed by atoms with van der Waals surface area (Å²) in [5, 5.41) is 0. The fourth-order valence-corrected chi connectivity index (χ4v) is 12.4. The Balaban J connectivity index is 3.75. The average Bonchev–Trinajstić information content (AvgIpc) is 3.46. The zero-order valence-electron chi connectivity index (χ0n) is 54.6. The van der Waals surface area contributed by atoms with Crippen molar-refractivity contribution in [1.29, 1.82) is 0 Å². The van der Waals surface area contributed by atoms with Crippen molar-refractivity contribution in [3.05, 3.63) is 0 Å². The molecule has 0 radical (unpaired) electrons. The Morgan fingerprint density at radius 3 is 0.753 bits per heavy atom. The number of phosphoric ester groups is 1. The van der Waals surface area contributed by atoms with Gasteiger partial charge in [-0.1, -0.05) is 386 Å². The molecule has 3 N–H and O–H groups in total. The Morgan fingerprint density at radius 1 is 0.321 bits per heavy atom. The van der Waals surface area contributed by atoms with Crippen LogP contribution in [-0.2, 0) is 32.7 Å². The van der Waals surface area contributed by atoms with Gasteiger partial charge in [-0.2, -0.15) is 0 Å². The second kappa shape index (κ2) is 68.1. The number of esters is 2. The van der Waals surface area contributed by atoms with Gasteiger partial charge in [0.2, 0.25) is 0 Å². The summed E-state index contributed by atoms with van der Waals surface area (Å²) in [4.78, 5) is 35.4. The number of rotatable bonds is 71. The van der Waals surface area contributed by atoms with Gasteiger partial charge < -0.3 is 20.1 Å². The van der Waals surface area contributed by atoms with E-state index in [9.17, 15) is 19.0 Å². The molecule has 0 bridgehead atoms. The van der Waals surface area contributed by atoms with E-state index in [-0.39, 0.29) is 32.1 Å². The Hall–Kier alpha value is -0.990. The highest BCUT2D eigenvalue weighted by Crippen LogP contribution is 2.43. The van der Waals surface area contributed by atoms with E-state index < -0.39 is 26.5 Å². The highest BCUT2D eigenvalue weighted by molar-refractivity contribution is 7.47. The van der Waals surface area contributed by atoms with Gasteiger partial charge in [-0.25, -0.2) is 4.57 Å². The van der Waals surface area contributed by atoms with Crippen molar-refractivity contribution in [2.75, 3.05) is 26.4 Å². The van der Waals surface area contributed by atoms with Gasteiger partial charge in [0.15, 0.2) is 6.10 Å². The van der Waals surface area contributed by atoms with Crippen molar-refractivity contribution in [1.82, 2.24) is 0 Å². The number of nitrogens with two attached hydrogens (primary N) is 1. The smallest absolute Gasteiger partial charge is 0.462 e. The molecule has 0 aliphatic heterocycles. The standard InChI is InChI=1S/C71H142NO8P/c1-3-5-7-9-11-13-15-17-19-21-23-25-27-29-30-31-32-33-34-35-36-37-38-39-40-42-44-46-48-50-52-54-56-58-60-62-64-71(74)80-69(68-79-81(75,76)78-66-65-72)67-77-70(73)63-61-59-57-55-53-51-49-47-45-43-41-28-26-24-22-20-18-16-14-12-10-8-6-4-2/h69H,3-68,72H2,1-2H3,(H,75,76). The molecule has 2 unspecified atom stereocenters. The predicted octanol–water partition coefficient (Wildman–Crippen LogP) is 23.8. The molecule has 0 heterocycles. The summed E-state index contributed by atoms with van der Waals surface area (Å²) in [7, 11) is -4.39. The second-order valence-corrected chi connectivity index (χ2v) is 26.6. The lowest BCUT2D eigenvalue weighted by Gasteiger charge is -2.19. The molecule has 0 aliphatic rings. The van der Waals surface area contributed by atoms with E-state index in [1.54, 1.807) is 0 Å². The first kappa shape index (κ1) is 80.0. The van der Waals surface area contributed by atoms with Crippen molar-refractivity contribution >= 4 is 19.8 Å². The van der Waals surface area contributed by atoms with Crippen LogP contribution < -0.4 is 5.73 Å². The minimum Gasteiger partial charge on any atom is -0.462 e. The van der Waals surface area contributed by atoms with Gasteiger partial charge in [0.25, 0.3) is 0 Å². The van der Waals surface area contributed by atoms with Crippen LogP contribution in [-0.4, -0.2) is 49.3 Å². The third kappa shape index (κ3) is 68.0. The third-order valence-electron chi connectivity index (χ3n) is 17.0. The minimum absolute atomic E-state index is 0.0588. The zero-order valence-corrected chi connectivity index (χ0v) is 55.5. The van der Waals surface area contributed by atoms with Gasteiger partial charge in [-0.15, -0.1) is 0 Å². The summed E-state index contributed by atoms with van der Waals surface area (Å²) in [5.41, 5.74) is 5.40. The van der Waals surface area contributed by atoms with Gasteiger partial charge in [0, 0.05) is 19.4 Å². The first-order valence-electron chi connectivity index (χ1n) is 36.5. The fourth-order valence-electron chi connectivity index (χ4n) is 11.6. The number of phosphoric acid groups is 1. The molecule has 0 amide bonds. The molecule has 0 saturated heterocycles. The predicted molar refractivity (Wildman–Crippen MR) is 349 cm³/mol. The van der Waals surface area contributed by atoms with Crippen molar-refractivity contribution in [2.45, 2.75) is 418 Å². The minimum atomic E-state index is -4.39. The van der Waals surface area contributed by atoms with Crippen LogP contribution in [0.2, 0.25) is 0 Å². The molecule has 2 atom stereocenters. The first-order chi connectivity index (χ1) is 39.8. The summed E-state index contributed by atoms with van der Waals surface area (Å²) in [6.45, 7) is 3.85. The molecule has 0 rings (SSSR count). The topological polar surface area (TPSA) is 134 Å². The largest absolute Gasteiger partial charge is 0.472 e. The maximum atomic E-state index is 12.8. The van der Waals surface area contributed by atoms with Crippen molar-refractivity contribution in [3.8, 4) is 0 Å². The van der Waals surface area contributed by atoms with Gasteiger partial charge >= 0.3 is 19.8 Å². The molecular weight excluding hydrogens is 1030 g/mol. The fraction of sp³-hybridized carbons (Fsp3) is 0.972. The van der Waals surface area contributed by atoms with Gasteiger partial charge in [0.05, 0.1) is 13.2 Å². The summed E-state index contributed by atoms with van der Waals surface area (Å²) in [6.07, 6.45) is 80.8. The lowest BCUT2D eigenvalue weighted by atomic mass is 10.0. The molecule has 0 spiro atoms. The number of hydrogen-bond acceptors (Lipinski definition) is 8. The summed E-state index contributed by atoms with van der Waals surface area (Å²) in [5.74, 6) is -0.797. The van der Waals surface area contributed by atoms with E-state index >= 15 is 0 Å². The number of carbonyl (C=O) groups excluding carboxylic acids is 2. The van der Waals surface area contributed by atoms with E-state index in [2.05, 4.69) is 13.8 Å². The molecule has 81 heavy (non-hydrogen) atoms. The van der Waals surface area contributed by atoms with Crippen LogP contribution in [0.4, 0.5) is 0 Å². The monoisotopic (exact) mass is 1170 g/mol. The molecule has 0 aromatic rings. The number of unbranched alkanes of at least 4 members (excludes halogenated alkanes) is 58. The van der Waals surface area contributed by atoms with E-state index in [0.717, 1.165) is 32.1 Å². The Bertz CT molecular complexity index is 1290. The quantitative estimate of drug-likeness (QED) is 0.0347. The maximum Gasteiger partial charge on any atom is 0.472 e. The van der Waals surface area contributed by atoms with E-state index in [4.69, 9.17) is 24.3 Å². The summed E-state index contributed by atoms with van der Waals surface area (Å²) in [6, 6.07) is 0. The third-order valence-corrected chi connectivity index (χ3v) is 18.0. The second-order valence-electron chi connectivity index (χ2n) is 25.2. The lowest BCUT2D eigenvalue weighted by molar-refractivity contribution is -0.161. The van der Waals surface area contributed by atoms with Crippen LogP contribution in [0.5, 0.6) is 0 Å². The van der Waals surface area contributed by atoms with Gasteiger partial charge in [0.1, 0.15) is 6.61 Å². The van der Waals surface area contributed by atoms with Gasteiger partial charge in [-0.05, 0) is 12.8 Å². The van der Waals surface area contributed by atoms with Crippen LogP contribution in [0.1, 0.15) is 412 Å². The Kier molecular flexibility index (Phi) is 67.3. The Labute approximate surface area is 505 Å². The zero-order chi connectivity index (χ0) is 58.7. The summed E-state index contributed by atoms with van der Waals surface area (Å²) >= 11 is 0. The molecule has 9 nitrogen and oxygen atoms in total. The SMILES string of the molecule is CCCCCCCCCCCCCCCCCCCCCCCCCCCCCCCCCCCCCCC(=O)OC(COC(=O)CCCCCCCCCCCCCCCCCCCCCCCCCC)COP(=O)(O)OCCN. The maximum absolute atomic E-state index is 12.8. The van der Waals surface area contributed by atoms with E-state index in [0.29, 0.717) is 12.8 Å². The van der Waals surface area contributed by atoms with Crippen LogP contribution in [0.3, 0.4) is 0 Å². The van der Waals surface area contributed by atoms with Gasteiger partial charge in [-0.3, -0.25) is 18.6 Å². The number of hydrogen-bond donors (Lipinski definition) is 2. The van der Waals surface area contributed by atoms with Crippen LogP contribution in [0.15, 0.2) is 0 Å². The molecule has 0 aromatic heterocycles. The molecule has 0 aliphatic carbocycles. The summed E-state index contributed by atoms with van der Waals surface area (Å²) < 4.78 is 33.2. The molecule has 10 heteroatoms. The molecule has 0 fully saturated rings. The van der Waals surface area contributed by atoms with Crippen molar-refractivity contribution in [3.63, 3.8) is 0 Å². The number of carbonyl (C=O) groups is 2. The van der Waals surface area contributed by atoms with Crippen molar-refractivity contribution in [2.24, 2.45) is 5.73 Å². The highest BCUT2D eigenvalue weighted by atomic mass is 31.2. The van der Waals surface area contributed by atoms with Crippen molar-refractivity contribution < 1.29 is 37.6 Å². The average molecular weight is 1170 g/mol. The highest BCUT2D eigenvalue weighted by Gasteiger charge is 2.26. The lowest BCUT2D eigenvalue weighted by Crippen LogP contribution is -2.29. The van der Waals surface area contributed by atoms with E-state index in [1.807, 2.05) is 0 Å². The van der Waals surface area contributed by atoms with E-state index in [1.165, 1.54) is 347 Å². The van der Waals surface area contributed by atoms with Crippen LogP contribution >= 0.6 is 7.82 Å². The number of ether oxygens (including phenoxy) is 2. The first-order valence-corrected chi connectivity index (χ1v) is 38.0. The normalized spacial score (nSPS) is 12.8. The molecule has 484 valence electrons.